The lowest BCUT2D eigenvalue weighted by Crippen LogP contribution is -2.54. The molecule has 0 fully saturated rings. The summed E-state index contributed by atoms with van der Waals surface area (Å²) in [4.78, 5) is 0. The van der Waals surface area contributed by atoms with Crippen LogP contribution < -0.4 is 0 Å². The van der Waals surface area contributed by atoms with Crippen LogP contribution in [-0.2, 0) is 4.74 Å². The minimum Gasteiger partial charge on any atom is -0.385 e. The zero-order valence-electron chi connectivity index (χ0n) is 13.1. The number of rotatable bonds is 11. The number of hydrogen-bond acceptors (Lipinski definition) is 2. The van der Waals surface area contributed by atoms with Gasteiger partial charge in [-0.05, 0) is 33.1 Å². The fraction of sp³-hybridized carbons (Fsp3) is 1.00. The predicted octanol–water partition coefficient (Wildman–Crippen LogP) is 2.82. The molecule has 0 aliphatic carbocycles. The van der Waals surface area contributed by atoms with Crippen LogP contribution >= 0.6 is 0 Å². The van der Waals surface area contributed by atoms with Crippen molar-refractivity contribution in [2.24, 2.45) is 0 Å². The van der Waals surface area contributed by atoms with Gasteiger partial charge in [0.2, 0.25) is 0 Å². The SMILES string of the molecule is CCC[N+](CCC)(CCC)CC(O)COC(C)C. The van der Waals surface area contributed by atoms with Crippen molar-refractivity contribution in [1.29, 1.82) is 0 Å². The molecule has 18 heavy (non-hydrogen) atoms. The second kappa shape index (κ2) is 9.76. The predicted molar refractivity (Wildman–Crippen MR) is 77.7 cm³/mol. The Kier molecular flexibility index (Phi) is 9.70. The third-order valence-electron chi connectivity index (χ3n) is 3.31. The van der Waals surface area contributed by atoms with Crippen molar-refractivity contribution in [3.63, 3.8) is 0 Å². The van der Waals surface area contributed by atoms with E-state index in [-0.39, 0.29) is 12.2 Å². The molecule has 1 unspecified atom stereocenters. The summed E-state index contributed by atoms with van der Waals surface area (Å²) < 4.78 is 6.57. The van der Waals surface area contributed by atoms with Crippen LogP contribution in [0.25, 0.3) is 0 Å². The molecule has 0 aliphatic heterocycles. The van der Waals surface area contributed by atoms with Crippen molar-refractivity contribution < 1.29 is 14.3 Å². The third-order valence-corrected chi connectivity index (χ3v) is 3.31. The molecule has 0 saturated carbocycles. The zero-order chi connectivity index (χ0) is 14.0. The van der Waals surface area contributed by atoms with Gasteiger partial charge in [0, 0.05) is 0 Å². The van der Waals surface area contributed by atoms with Gasteiger partial charge < -0.3 is 14.3 Å². The van der Waals surface area contributed by atoms with Crippen LogP contribution in [0.4, 0.5) is 0 Å². The second-order valence-corrected chi connectivity index (χ2v) is 5.73. The van der Waals surface area contributed by atoms with Gasteiger partial charge in [0.1, 0.15) is 12.6 Å². The molecule has 1 atom stereocenters. The molecule has 0 radical (unpaired) electrons. The monoisotopic (exact) mass is 260 g/mol. The van der Waals surface area contributed by atoms with Crippen LogP contribution in [0.2, 0.25) is 0 Å². The van der Waals surface area contributed by atoms with Crippen LogP contribution in [0.3, 0.4) is 0 Å². The summed E-state index contributed by atoms with van der Waals surface area (Å²) >= 11 is 0. The minimum absolute atomic E-state index is 0.199. The molecule has 0 aromatic carbocycles. The first-order valence-corrected chi connectivity index (χ1v) is 7.64. The van der Waals surface area contributed by atoms with Gasteiger partial charge in [-0.15, -0.1) is 0 Å². The van der Waals surface area contributed by atoms with Gasteiger partial charge in [-0.3, -0.25) is 0 Å². The highest BCUT2D eigenvalue weighted by molar-refractivity contribution is 4.56. The zero-order valence-corrected chi connectivity index (χ0v) is 13.1. The number of ether oxygens (including phenoxy) is 1. The van der Waals surface area contributed by atoms with Gasteiger partial charge in [-0.1, -0.05) is 20.8 Å². The molecule has 0 bridgehead atoms. The lowest BCUT2D eigenvalue weighted by atomic mass is 10.2. The van der Waals surface area contributed by atoms with Gasteiger partial charge in [0.15, 0.2) is 0 Å². The van der Waals surface area contributed by atoms with E-state index < -0.39 is 0 Å². The molecule has 1 N–H and O–H groups in total. The Morgan fingerprint density at radius 2 is 1.39 bits per heavy atom. The molecule has 110 valence electrons. The topological polar surface area (TPSA) is 29.5 Å². The first-order chi connectivity index (χ1) is 8.49. The Bertz CT molecular complexity index is 178. The van der Waals surface area contributed by atoms with E-state index in [9.17, 15) is 5.11 Å². The fourth-order valence-electron chi connectivity index (χ4n) is 2.84. The number of quaternary nitrogens is 1. The maximum absolute atomic E-state index is 10.2. The van der Waals surface area contributed by atoms with Gasteiger partial charge in [0.25, 0.3) is 0 Å². The Balaban J connectivity index is 4.43. The molecule has 3 nitrogen and oxygen atoms in total. The summed E-state index contributed by atoms with van der Waals surface area (Å²) in [6.45, 7) is 15.5. The van der Waals surface area contributed by atoms with E-state index >= 15 is 0 Å². The molecular formula is C15H34NO2+. The number of nitrogens with zero attached hydrogens (tertiary/aromatic N) is 1. The fourth-order valence-corrected chi connectivity index (χ4v) is 2.84. The molecule has 0 aromatic heterocycles. The van der Waals surface area contributed by atoms with Crippen LogP contribution in [0, 0.1) is 0 Å². The van der Waals surface area contributed by atoms with E-state index in [1.807, 2.05) is 13.8 Å². The van der Waals surface area contributed by atoms with Crippen molar-refractivity contribution in [3.05, 3.63) is 0 Å². The van der Waals surface area contributed by atoms with Crippen LogP contribution in [0.1, 0.15) is 53.9 Å². The molecule has 3 heteroatoms. The Morgan fingerprint density at radius 3 is 1.72 bits per heavy atom. The molecule has 0 aliphatic rings. The molecule has 0 rings (SSSR count). The average molecular weight is 260 g/mol. The average Bonchev–Trinajstić information content (AvgIpc) is 2.27. The van der Waals surface area contributed by atoms with Gasteiger partial charge in [0.05, 0.1) is 32.3 Å². The standard InChI is InChI=1S/C15H34NO2/c1-6-9-16(10-7-2,11-8-3)12-15(17)13-18-14(4)5/h14-15,17H,6-13H2,1-5H3/q+1. The van der Waals surface area contributed by atoms with Crippen LogP contribution in [0.15, 0.2) is 0 Å². The van der Waals surface area contributed by atoms with E-state index in [1.165, 1.54) is 38.9 Å². The smallest absolute Gasteiger partial charge is 0.126 e. The van der Waals surface area contributed by atoms with Crippen LogP contribution in [0.5, 0.6) is 0 Å². The number of aliphatic hydroxyl groups is 1. The van der Waals surface area contributed by atoms with E-state index in [0.717, 1.165) is 11.0 Å². The summed E-state index contributed by atoms with van der Waals surface area (Å²) in [6, 6.07) is 0. The second-order valence-electron chi connectivity index (χ2n) is 5.73. The molecular weight excluding hydrogens is 226 g/mol. The summed E-state index contributed by atoms with van der Waals surface area (Å²) in [5.74, 6) is 0. The van der Waals surface area contributed by atoms with Crippen molar-refractivity contribution in [1.82, 2.24) is 0 Å². The third kappa shape index (κ3) is 7.34. The first-order valence-electron chi connectivity index (χ1n) is 7.64. The maximum Gasteiger partial charge on any atom is 0.126 e. The first kappa shape index (κ1) is 17.9. The minimum atomic E-state index is -0.336. The van der Waals surface area contributed by atoms with Crippen molar-refractivity contribution in [2.75, 3.05) is 32.8 Å². The molecule has 0 amide bonds. The lowest BCUT2D eigenvalue weighted by Gasteiger charge is -2.40. The summed E-state index contributed by atoms with van der Waals surface area (Å²) in [6.07, 6.45) is 3.40. The number of hydrogen-bond donors (Lipinski definition) is 1. The summed E-state index contributed by atoms with van der Waals surface area (Å²) in [7, 11) is 0. The Labute approximate surface area is 114 Å². The molecule has 0 spiro atoms. The van der Waals surface area contributed by atoms with Gasteiger partial charge in [-0.25, -0.2) is 0 Å². The quantitative estimate of drug-likeness (QED) is 0.579. The largest absolute Gasteiger partial charge is 0.385 e. The highest BCUT2D eigenvalue weighted by Gasteiger charge is 2.28. The van der Waals surface area contributed by atoms with E-state index in [4.69, 9.17) is 4.74 Å². The molecule has 0 heterocycles. The summed E-state index contributed by atoms with van der Waals surface area (Å²) in [5.41, 5.74) is 0. The van der Waals surface area contributed by atoms with Crippen molar-refractivity contribution in [3.8, 4) is 0 Å². The van der Waals surface area contributed by atoms with Crippen molar-refractivity contribution in [2.45, 2.75) is 66.1 Å². The van der Waals surface area contributed by atoms with Crippen LogP contribution in [-0.4, -0.2) is 54.6 Å². The highest BCUT2D eigenvalue weighted by atomic mass is 16.5. The summed E-state index contributed by atoms with van der Waals surface area (Å²) in [5, 5.41) is 10.2. The van der Waals surface area contributed by atoms with Gasteiger partial charge in [-0.2, -0.15) is 0 Å². The number of aliphatic hydroxyl groups excluding tert-OH is 1. The highest BCUT2D eigenvalue weighted by Crippen LogP contribution is 2.13. The van der Waals surface area contributed by atoms with E-state index in [2.05, 4.69) is 20.8 Å². The molecule has 0 saturated heterocycles. The normalized spacial score (nSPS) is 14.2. The maximum atomic E-state index is 10.2. The van der Waals surface area contributed by atoms with Gasteiger partial charge >= 0.3 is 0 Å². The van der Waals surface area contributed by atoms with E-state index in [0.29, 0.717) is 6.61 Å². The van der Waals surface area contributed by atoms with E-state index in [1.54, 1.807) is 0 Å². The Morgan fingerprint density at radius 1 is 0.944 bits per heavy atom. The Hall–Kier alpha value is -0.120. The van der Waals surface area contributed by atoms with Crippen molar-refractivity contribution >= 4 is 0 Å². The molecule has 0 aromatic rings. The lowest BCUT2D eigenvalue weighted by molar-refractivity contribution is -0.931.